The van der Waals surface area contributed by atoms with Crippen molar-refractivity contribution in [2.45, 2.75) is 46.3 Å². The number of guanidine groups is 1. The molecule has 0 saturated carbocycles. The van der Waals surface area contributed by atoms with Crippen molar-refractivity contribution in [2.24, 2.45) is 4.99 Å². The molecule has 2 aromatic rings. The predicted molar refractivity (Wildman–Crippen MR) is 113 cm³/mol. The number of nitrogens with zero attached hydrogens (tertiary/aromatic N) is 2. The molecule has 0 aliphatic rings. The van der Waals surface area contributed by atoms with E-state index < -0.39 is 11.7 Å². The molecule has 1 aromatic heterocycles. The number of rotatable bonds is 7. The molecule has 1 aromatic carbocycles. The first-order valence-corrected chi connectivity index (χ1v) is 9.70. The summed E-state index contributed by atoms with van der Waals surface area (Å²) in [5, 5.41) is 10.4. The Kier molecular flexibility index (Phi) is 8.04. The van der Waals surface area contributed by atoms with E-state index in [1.807, 2.05) is 45.9 Å². The van der Waals surface area contributed by atoms with Gasteiger partial charge in [0.25, 0.3) is 0 Å². The fourth-order valence-corrected chi connectivity index (χ4v) is 2.60. The van der Waals surface area contributed by atoms with Gasteiger partial charge in [-0.3, -0.25) is 4.98 Å². The fraction of sp³-hybridized carbons (Fsp3) is 0.476. The average molecular weight is 386 g/mol. The van der Waals surface area contributed by atoms with Gasteiger partial charge in [0, 0.05) is 31.2 Å². The number of amides is 1. The largest absolute Gasteiger partial charge is 0.444 e. The molecule has 0 unspecified atom stereocenters. The van der Waals surface area contributed by atoms with Crippen LogP contribution in [-0.2, 0) is 11.3 Å². The first-order chi connectivity index (χ1) is 13.4. The second-order valence-electron chi connectivity index (χ2n) is 7.40. The highest BCUT2D eigenvalue weighted by Gasteiger charge is 2.15. The van der Waals surface area contributed by atoms with Gasteiger partial charge in [0.15, 0.2) is 5.96 Å². The van der Waals surface area contributed by atoms with E-state index in [9.17, 15) is 4.79 Å². The van der Waals surface area contributed by atoms with Crippen LogP contribution in [0.2, 0.25) is 0 Å². The van der Waals surface area contributed by atoms with Gasteiger partial charge in [-0.1, -0.05) is 24.3 Å². The van der Waals surface area contributed by atoms with Crippen LogP contribution in [0.15, 0.2) is 41.5 Å². The lowest BCUT2D eigenvalue weighted by atomic mass is 10.1. The Hall–Kier alpha value is -2.83. The Morgan fingerprint density at radius 2 is 1.86 bits per heavy atom. The van der Waals surface area contributed by atoms with Gasteiger partial charge in [-0.25, -0.2) is 9.79 Å². The molecule has 0 radical (unpaired) electrons. The van der Waals surface area contributed by atoms with Crippen molar-refractivity contribution in [1.29, 1.82) is 0 Å². The van der Waals surface area contributed by atoms with Crippen LogP contribution in [0.5, 0.6) is 0 Å². The van der Waals surface area contributed by atoms with Crippen molar-refractivity contribution in [1.82, 2.24) is 20.9 Å². The second-order valence-corrected chi connectivity index (χ2v) is 7.40. The van der Waals surface area contributed by atoms with Crippen LogP contribution in [-0.4, -0.2) is 42.3 Å². The maximum Gasteiger partial charge on any atom is 0.407 e. The van der Waals surface area contributed by atoms with E-state index >= 15 is 0 Å². The molecule has 152 valence electrons. The van der Waals surface area contributed by atoms with E-state index in [1.54, 1.807) is 6.20 Å². The van der Waals surface area contributed by atoms with E-state index in [-0.39, 0.29) is 0 Å². The molecule has 7 heteroatoms. The zero-order valence-electron chi connectivity index (χ0n) is 17.2. The SMILES string of the molecule is CCNC(=NCc1cccc2cccnc12)NCCCNC(=O)OC(C)(C)C. The number of ether oxygens (including phenoxy) is 1. The minimum atomic E-state index is -0.482. The summed E-state index contributed by atoms with van der Waals surface area (Å²) in [6, 6.07) is 10.1. The molecule has 2 rings (SSSR count). The molecule has 0 aliphatic heterocycles. The smallest absolute Gasteiger partial charge is 0.407 e. The number of nitrogens with one attached hydrogen (secondary N) is 3. The van der Waals surface area contributed by atoms with Gasteiger partial charge in [0.1, 0.15) is 5.60 Å². The Bertz CT molecular complexity index is 793. The number of pyridine rings is 1. The summed E-state index contributed by atoms with van der Waals surface area (Å²) in [4.78, 5) is 20.8. The summed E-state index contributed by atoms with van der Waals surface area (Å²) in [6.07, 6.45) is 2.17. The number of benzene rings is 1. The lowest BCUT2D eigenvalue weighted by Crippen LogP contribution is -2.39. The Labute approximate surface area is 167 Å². The van der Waals surface area contributed by atoms with Crippen LogP contribution in [0.1, 0.15) is 39.7 Å². The molecule has 0 saturated heterocycles. The number of hydrogen-bond acceptors (Lipinski definition) is 4. The summed E-state index contributed by atoms with van der Waals surface area (Å²) in [5.74, 6) is 0.743. The van der Waals surface area contributed by atoms with Gasteiger partial charge in [0.05, 0.1) is 12.1 Å². The number of para-hydroxylation sites is 1. The summed E-state index contributed by atoms with van der Waals surface area (Å²) >= 11 is 0. The third kappa shape index (κ3) is 7.42. The van der Waals surface area contributed by atoms with Crippen LogP contribution in [0.25, 0.3) is 10.9 Å². The molecule has 3 N–H and O–H groups in total. The number of aliphatic imine (C=N–C) groups is 1. The minimum Gasteiger partial charge on any atom is -0.444 e. The van der Waals surface area contributed by atoms with Crippen molar-refractivity contribution in [2.75, 3.05) is 19.6 Å². The number of aromatic nitrogens is 1. The van der Waals surface area contributed by atoms with E-state index in [1.165, 1.54) is 0 Å². The first-order valence-electron chi connectivity index (χ1n) is 9.70. The molecular formula is C21H31N5O2. The average Bonchev–Trinajstić information content (AvgIpc) is 2.64. The van der Waals surface area contributed by atoms with Crippen LogP contribution >= 0.6 is 0 Å². The molecule has 0 aliphatic carbocycles. The van der Waals surface area contributed by atoms with Crippen molar-refractivity contribution >= 4 is 23.0 Å². The molecular weight excluding hydrogens is 354 g/mol. The third-order valence-corrected chi connectivity index (χ3v) is 3.78. The zero-order valence-corrected chi connectivity index (χ0v) is 17.2. The minimum absolute atomic E-state index is 0.392. The van der Waals surface area contributed by atoms with E-state index in [0.717, 1.165) is 35.4 Å². The van der Waals surface area contributed by atoms with Crippen LogP contribution < -0.4 is 16.0 Å². The molecule has 0 spiro atoms. The maximum absolute atomic E-state index is 11.6. The quantitative estimate of drug-likeness (QED) is 0.387. The van der Waals surface area contributed by atoms with E-state index in [0.29, 0.717) is 19.6 Å². The van der Waals surface area contributed by atoms with Gasteiger partial charge < -0.3 is 20.7 Å². The van der Waals surface area contributed by atoms with Crippen molar-refractivity contribution in [3.05, 3.63) is 42.1 Å². The van der Waals surface area contributed by atoms with Gasteiger partial charge in [-0.15, -0.1) is 0 Å². The summed E-state index contributed by atoms with van der Waals surface area (Å²) in [6.45, 7) is 10.1. The number of carbonyl (C=O) groups is 1. The number of alkyl carbamates (subject to hydrolysis) is 1. The van der Waals surface area contributed by atoms with Crippen molar-refractivity contribution < 1.29 is 9.53 Å². The number of hydrogen-bond donors (Lipinski definition) is 3. The highest BCUT2D eigenvalue weighted by Crippen LogP contribution is 2.16. The molecule has 1 heterocycles. The normalized spacial score (nSPS) is 11.9. The van der Waals surface area contributed by atoms with Gasteiger partial charge in [0.2, 0.25) is 0 Å². The Morgan fingerprint density at radius 1 is 1.11 bits per heavy atom. The van der Waals surface area contributed by atoms with Crippen LogP contribution in [0.3, 0.4) is 0 Å². The fourth-order valence-electron chi connectivity index (χ4n) is 2.60. The number of carbonyl (C=O) groups excluding carboxylic acids is 1. The molecule has 0 fully saturated rings. The summed E-state index contributed by atoms with van der Waals surface area (Å²) < 4.78 is 5.21. The standard InChI is InChI=1S/C21H31N5O2/c1-5-22-19(24-13-8-14-25-20(27)28-21(2,3)4)26-15-17-10-6-9-16-11-7-12-23-18(16)17/h6-7,9-12H,5,8,13-15H2,1-4H3,(H,25,27)(H2,22,24,26). The van der Waals surface area contributed by atoms with E-state index in [4.69, 9.17) is 4.74 Å². The highest BCUT2D eigenvalue weighted by molar-refractivity contribution is 5.83. The maximum atomic E-state index is 11.6. The molecule has 0 bridgehead atoms. The topological polar surface area (TPSA) is 87.6 Å². The molecule has 7 nitrogen and oxygen atoms in total. The van der Waals surface area contributed by atoms with E-state index in [2.05, 4.69) is 38.1 Å². The second kappa shape index (κ2) is 10.5. The zero-order chi connectivity index (χ0) is 20.4. The summed E-state index contributed by atoms with van der Waals surface area (Å²) in [5.41, 5.74) is 1.58. The predicted octanol–water partition coefficient (Wildman–Crippen LogP) is 3.20. The Balaban J connectivity index is 1.83. The lowest BCUT2D eigenvalue weighted by Gasteiger charge is -2.19. The van der Waals surface area contributed by atoms with Crippen LogP contribution in [0.4, 0.5) is 4.79 Å². The highest BCUT2D eigenvalue weighted by atomic mass is 16.6. The number of fused-ring (bicyclic) bond motifs is 1. The molecule has 0 atom stereocenters. The van der Waals surface area contributed by atoms with Gasteiger partial charge in [-0.05, 0) is 45.7 Å². The first kappa shape index (κ1) is 21.5. The van der Waals surface area contributed by atoms with Crippen LogP contribution in [0, 0.1) is 0 Å². The van der Waals surface area contributed by atoms with Gasteiger partial charge in [-0.2, -0.15) is 0 Å². The monoisotopic (exact) mass is 385 g/mol. The van der Waals surface area contributed by atoms with Gasteiger partial charge >= 0.3 is 6.09 Å². The van der Waals surface area contributed by atoms with Crippen molar-refractivity contribution in [3.8, 4) is 0 Å². The Morgan fingerprint density at radius 3 is 2.61 bits per heavy atom. The molecule has 1 amide bonds. The third-order valence-electron chi connectivity index (χ3n) is 3.78. The van der Waals surface area contributed by atoms with Crippen molar-refractivity contribution in [3.63, 3.8) is 0 Å². The lowest BCUT2D eigenvalue weighted by molar-refractivity contribution is 0.0527. The molecule has 28 heavy (non-hydrogen) atoms. The summed E-state index contributed by atoms with van der Waals surface area (Å²) in [7, 11) is 0.